The number of benzene rings is 2. The van der Waals surface area contributed by atoms with E-state index in [0.717, 1.165) is 22.4 Å². The van der Waals surface area contributed by atoms with Crippen molar-refractivity contribution in [1.29, 1.82) is 0 Å². The Bertz CT molecular complexity index is 642. The SMILES string of the molecule is Fc1ccc(-c2[nH]ncc2-c2ccccc2)cc1. The summed E-state index contributed by atoms with van der Waals surface area (Å²) in [4.78, 5) is 0. The first-order chi connectivity index (χ1) is 8.84. The van der Waals surface area contributed by atoms with E-state index in [1.165, 1.54) is 12.1 Å². The number of rotatable bonds is 2. The number of hydrogen-bond donors (Lipinski definition) is 1. The average molecular weight is 238 g/mol. The second-order valence-corrected chi connectivity index (χ2v) is 4.03. The molecule has 0 spiro atoms. The molecular formula is C15H11FN2. The van der Waals surface area contributed by atoms with Gasteiger partial charge in [-0.05, 0) is 29.8 Å². The van der Waals surface area contributed by atoms with Crippen LogP contribution in [0.25, 0.3) is 22.4 Å². The Kier molecular flexibility index (Phi) is 2.65. The van der Waals surface area contributed by atoms with Gasteiger partial charge in [-0.1, -0.05) is 30.3 Å². The highest BCUT2D eigenvalue weighted by molar-refractivity contribution is 5.80. The summed E-state index contributed by atoms with van der Waals surface area (Å²) in [6, 6.07) is 16.4. The van der Waals surface area contributed by atoms with Crippen LogP contribution in [0.2, 0.25) is 0 Å². The number of aromatic nitrogens is 2. The molecule has 2 nitrogen and oxygen atoms in total. The average Bonchev–Trinajstić information content (AvgIpc) is 2.90. The number of halogens is 1. The van der Waals surface area contributed by atoms with Crippen molar-refractivity contribution in [3.63, 3.8) is 0 Å². The predicted octanol–water partition coefficient (Wildman–Crippen LogP) is 3.88. The lowest BCUT2D eigenvalue weighted by molar-refractivity contribution is 0.628. The molecule has 1 aromatic heterocycles. The molecule has 3 heteroatoms. The molecule has 0 fully saturated rings. The van der Waals surface area contributed by atoms with Gasteiger partial charge in [-0.3, -0.25) is 5.10 Å². The molecule has 1 heterocycles. The monoisotopic (exact) mass is 238 g/mol. The molecule has 0 bridgehead atoms. The number of nitrogens with one attached hydrogen (secondary N) is 1. The number of nitrogens with zero attached hydrogens (tertiary/aromatic N) is 1. The third kappa shape index (κ3) is 1.91. The highest BCUT2D eigenvalue weighted by atomic mass is 19.1. The van der Waals surface area contributed by atoms with Crippen LogP contribution in [0.3, 0.4) is 0 Å². The third-order valence-corrected chi connectivity index (χ3v) is 2.86. The van der Waals surface area contributed by atoms with Crippen LogP contribution in [0.15, 0.2) is 60.8 Å². The van der Waals surface area contributed by atoms with Crippen LogP contribution >= 0.6 is 0 Å². The van der Waals surface area contributed by atoms with E-state index in [4.69, 9.17) is 0 Å². The van der Waals surface area contributed by atoms with Gasteiger partial charge in [0.25, 0.3) is 0 Å². The van der Waals surface area contributed by atoms with E-state index in [0.29, 0.717) is 0 Å². The topological polar surface area (TPSA) is 28.7 Å². The van der Waals surface area contributed by atoms with Gasteiger partial charge in [0.1, 0.15) is 5.82 Å². The quantitative estimate of drug-likeness (QED) is 0.721. The maximum atomic E-state index is 12.9. The molecule has 2 aromatic carbocycles. The molecule has 0 amide bonds. The third-order valence-electron chi connectivity index (χ3n) is 2.86. The van der Waals surface area contributed by atoms with Gasteiger partial charge in [-0.25, -0.2) is 4.39 Å². The largest absolute Gasteiger partial charge is 0.277 e. The minimum Gasteiger partial charge on any atom is -0.277 e. The molecular weight excluding hydrogens is 227 g/mol. The van der Waals surface area contributed by atoms with Gasteiger partial charge in [0.15, 0.2) is 0 Å². The fraction of sp³-hybridized carbons (Fsp3) is 0. The molecule has 0 atom stereocenters. The number of aromatic amines is 1. The van der Waals surface area contributed by atoms with Crippen molar-refractivity contribution in [3.05, 3.63) is 66.6 Å². The van der Waals surface area contributed by atoms with E-state index < -0.39 is 0 Å². The van der Waals surface area contributed by atoms with Gasteiger partial charge in [0.2, 0.25) is 0 Å². The van der Waals surface area contributed by atoms with Gasteiger partial charge in [-0.2, -0.15) is 5.10 Å². The van der Waals surface area contributed by atoms with E-state index in [1.807, 2.05) is 30.3 Å². The second kappa shape index (κ2) is 4.45. The lowest BCUT2D eigenvalue weighted by Gasteiger charge is -2.03. The van der Waals surface area contributed by atoms with Crippen LogP contribution in [0, 0.1) is 5.82 Å². The van der Waals surface area contributed by atoms with E-state index in [9.17, 15) is 4.39 Å². The summed E-state index contributed by atoms with van der Waals surface area (Å²) in [6.07, 6.45) is 1.79. The normalized spacial score (nSPS) is 10.5. The van der Waals surface area contributed by atoms with Crippen LogP contribution in [0.5, 0.6) is 0 Å². The molecule has 3 rings (SSSR count). The van der Waals surface area contributed by atoms with Crippen LogP contribution in [0.4, 0.5) is 4.39 Å². The van der Waals surface area contributed by atoms with Crippen molar-refractivity contribution in [2.24, 2.45) is 0 Å². The first-order valence-corrected chi connectivity index (χ1v) is 5.69. The van der Waals surface area contributed by atoms with Gasteiger partial charge in [-0.15, -0.1) is 0 Å². The van der Waals surface area contributed by atoms with E-state index in [1.54, 1.807) is 18.3 Å². The standard InChI is InChI=1S/C15H11FN2/c16-13-8-6-12(7-9-13)15-14(10-17-18-15)11-4-2-1-3-5-11/h1-10H,(H,17,18). The van der Waals surface area contributed by atoms with Crippen LogP contribution in [0.1, 0.15) is 0 Å². The molecule has 0 saturated heterocycles. The summed E-state index contributed by atoms with van der Waals surface area (Å²) >= 11 is 0. The molecule has 0 aliphatic carbocycles. The van der Waals surface area contributed by atoms with E-state index >= 15 is 0 Å². The Morgan fingerprint density at radius 3 is 2.28 bits per heavy atom. The van der Waals surface area contributed by atoms with Gasteiger partial charge in [0, 0.05) is 11.1 Å². The molecule has 0 aliphatic heterocycles. The zero-order chi connectivity index (χ0) is 12.4. The highest BCUT2D eigenvalue weighted by Crippen LogP contribution is 2.29. The van der Waals surface area contributed by atoms with Crippen molar-refractivity contribution in [2.45, 2.75) is 0 Å². The first kappa shape index (κ1) is 10.7. The summed E-state index contributed by atoms with van der Waals surface area (Å²) in [6.45, 7) is 0. The van der Waals surface area contributed by atoms with Gasteiger partial charge >= 0.3 is 0 Å². The van der Waals surface area contributed by atoms with Crippen molar-refractivity contribution in [2.75, 3.05) is 0 Å². The van der Waals surface area contributed by atoms with Gasteiger partial charge in [0.05, 0.1) is 11.9 Å². The molecule has 3 aromatic rings. The maximum absolute atomic E-state index is 12.9. The smallest absolute Gasteiger partial charge is 0.123 e. The van der Waals surface area contributed by atoms with E-state index in [2.05, 4.69) is 10.2 Å². The Balaban J connectivity index is 2.10. The van der Waals surface area contributed by atoms with Crippen molar-refractivity contribution < 1.29 is 4.39 Å². The number of H-pyrrole nitrogens is 1. The Morgan fingerprint density at radius 1 is 0.833 bits per heavy atom. The van der Waals surface area contributed by atoms with Crippen LogP contribution in [-0.2, 0) is 0 Å². The Morgan fingerprint density at radius 2 is 1.56 bits per heavy atom. The number of hydrogen-bond acceptors (Lipinski definition) is 1. The van der Waals surface area contributed by atoms with Gasteiger partial charge < -0.3 is 0 Å². The molecule has 0 unspecified atom stereocenters. The Labute approximate surface area is 104 Å². The minimum absolute atomic E-state index is 0.237. The first-order valence-electron chi connectivity index (χ1n) is 5.69. The lowest BCUT2D eigenvalue weighted by atomic mass is 10.0. The van der Waals surface area contributed by atoms with Crippen molar-refractivity contribution >= 4 is 0 Å². The maximum Gasteiger partial charge on any atom is 0.123 e. The van der Waals surface area contributed by atoms with Crippen LogP contribution < -0.4 is 0 Å². The highest BCUT2D eigenvalue weighted by Gasteiger charge is 2.09. The summed E-state index contributed by atoms with van der Waals surface area (Å²) < 4.78 is 12.9. The molecule has 18 heavy (non-hydrogen) atoms. The van der Waals surface area contributed by atoms with Crippen molar-refractivity contribution in [1.82, 2.24) is 10.2 Å². The molecule has 0 radical (unpaired) electrons. The fourth-order valence-electron chi connectivity index (χ4n) is 1.96. The molecule has 88 valence electrons. The van der Waals surface area contributed by atoms with Crippen molar-refractivity contribution in [3.8, 4) is 22.4 Å². The summed E-state index contributed by atoms with van der Waals surface area (Å²) in [5.74, 6) is -0.237. The van der Waals surface area contributed by atoms with E-state index in [-0.39, 0.29) is 5.82 Å². The second-order valence-electron chi connectivity index (χ2n) is 4.03. The summed E-state index contributed by atoms with van der Waals surface area (Å²) in [7, 11) is 0. The lowest BCUT2D eigenvalue weighted by Crippen LogP contribution is -1.83. The summed E-state index contributed by atoms with van der Waals surface area (Å²) in [5.41, 5.74) is 3.93. The molecule has 0 aliphatic rings. The molecule has 0 saturated carbocycles. The predicted molar refractivity (Wildman–Crippen MR) is 69.4 cm³/mol. The fourth-order valence-corrected chi connectivity index (χ4v) is 1.96. The summed E-state index contributed by atoms with van der Waals surface area (Å²) in [5, 5.41) is 7.05. The molecule has 1 N–H and O–H groups in total. The zero-order valence-electron chi connectivity index (χ0n) is 9.60. The van der Waals surface area contributed by atoms with Crippen LogP contribution in [-0.4, -0.2) is 10.2 Å². The Hall–Kier alpha value is -2.42. The minimum atomic E-state index is -0.237. The zero-order valence-corrected chi connectivity index (χ0v) is 9.60.